The first-order valence-electron chi connectivity index (χ1n) is 7.94. The minimum Gasteiger partial charge on any atom is -0.461 e. The van der Waals surface area contributed by atoms with Crippen molar-refractivity contribution >= 4 is 34.3 Å². The first kappa shape index (κ1) is 17.1. The van der Waals surface area contributed by atoms with Crippen LogP contribution < -0.4 is 4.74 Å². The molecule has 0 aromatic carbocycles. The summed E-state index contributed by atoms with van der Waals surface area (Å²) in [6.07, 6.45) is 0.803. The molecule has 0 aliphatic heterocycles. The maximum atomic E-state index is 5.57. The lowest BCUT2D eigenvalue weighted by atomic mass is 10.3. The molecule has 0 unspecified atom stereocenters. The third-order valence-corrected chi connectivity index (χ3v) is 5.66. The largest absolute Gasteiger partial charge is 0.461 e. The molecule has 26 heavy (non-hydrogen) atoms. The van der Waals surface area contributed by atoms with E-state index in [1.54, 1.807) is 22.7 Å². The van der Waals surface area contributed by atoms with Gasteiger partial charge in [0.25, 0.3) is 5.28 Å². The molecule has 0 amide bonds. The van der Waals surface area contributed by atoms with Crippen LogP contribution in [0.1, 0.15) is 6.42 Å². The van der Waals surface area contributed by atoms with Crippen molar-refractivity contribution in [2.45, 2.75) is 13.0 Å². The van der Waals surface area contributed by atoms with Gasteiger partial charge in [0.05, 0.1) is 27.7 Å². The SMILES string of the molecule is Clc1nnc(OCCCn2c(-c3cccs3)ccc2-c2cccs2)nn1. The van der Waals surface area contributed by atoms with Crippen molar-refractivity contribution in [1.29, 1.82) is 0 Å². The first-order chi connectivity index (χ1) is 12.8. The van der Waals surface area contributed by atoms with Crippen LogP contribution in [0, 0.1) is 0 Å². The van der Waals surface area contributed by atoms with E-state index in [0.717, 1.165) is 13.0 Å². The summed E-state index contributed by atoms with van der Waals surface area (Å²) < 4.78 is 7.84. The molecule has 4 aromatic heterocycles. The molecule has 132 valence electrons. The van der Waals surface area contributed by atoms with Crippen LogP contribution in [0.3, 0.4) is 0 Å². The van der Waals surface area contributed by atoms with Crippen LogP contribution in [-0.4, -0.2) is 31.6 Å². The quantitative estimate of drug-likeness (QED) is 0.420. The lowest BCUT2D eigenvalue weighted by Crippen LogP contribution is -2.08. The van der Waals surface area contributed by atoms with Crippen LogP contribution in [0.4, 0.5) is 0 Å². The Morgan fingerprint density at radius 2 is 1.50 bits per heavy atom. The van der Waals surface area contributed by atoms with Crippen molar-refractivity contribution < 1.29 is 4.74 Å². The standard InChI is InChI=1S/C17H14ClN5OS2/c18-16-19-21-17(22-20-16)24-9-3-8-23-12(14-4-1-10-25-14)6-7-13(23)15-5-2-11-26-15/h1-2,4-7,10-11H,3,8-9H2. The molecule has 9 heteroatoms. The normalized spacial score (nSPS) is 11.0. The highest BCUT2D eigenvalue weighted by Crippen LogP contribution is 2.33. The molecule has 0 fully saturated rings. The van der Waals surface area contributed by atoms with E-state index in [9.17, 15) is 0 Å². The fourth-order valence-electron chi connectivity index (χ4n) is 2.64. The minimum absolute atomic E-state index is 0.00544. The monoisotopic (exact) mass is 403 g/mol. The second kappa shape index (κ2) is 7.94. The Balaban J connectivity index is 1.49. The van der Waals surface area contributed by atoms with Gasteiger partial charge in [-0.15, -0.1) is 32.9 Å². The van der Waals surface area contributed by atoms with Gasteiger partial charge in [-0.3, -0.25) is 0 Å². The lowest BCUT2D eigenvalue weighted by Gasteiger charge is -2.12. The number of halogens is 1. The second-order valence-electron chi connectivity index (χ2n) is 5.36. The zero-order valence-corrected chi connectivity index (χ0v) is 16.0. The van der Waals surface area contributed by atoms with Gasteiger partial charge in [0.15, 0.2) is 0 Å². The Labute approximate surface area is 163 Å². The van der Waals surface area contributed by atoms with Crippen molar-refractivity contribution in [2.75, 3.05) is 6.61 Å². The summed E-state index contributed by atoms with van der Waals surface area (Å²) in [4.78, 5) is 2.51. The maximum Gasteiger partial charge on any atom is 0.355 e. The van der Waals surface area contributed by atoms with Gasteiger partial charge in [-0.25, -0.2) is 0 Å². The van der Waals surface area contributed by atoms with Crippen LogP contribution in [0.15, 0.2) is 47.2 Å². The molecule has 0 bridgehead atoms. The predicted molar refractivity (Wildman–Crippen MR) is 104 cm³/mol. The van der Waals surface area contributed by atoms with E-state index in [4.69, 9.17) is 16.3 Å². The summed E-state index contributed by atoms with van der Waals surface area (Å²) in [5.74, 6) is 0. The van der Waals surface area contributed by atoms with E-state index in [-0.39, 0.29) is 11.3 Å². The Morgan fingerprint density at radius 3 is 2.04 bits per heavy atom. The summed E-state index contributed by atoms with van der Waals surface area (Å²) in [6.45, 7) is 1.29. The molecule has 0 radical (unpaired) electrons. The maximum absolute atomic E-state index is 5.57. The predicted octanol–water partition coefficient (Wildman–Crippen LogP) is 4.65. The third kappa shape index (κ3) is 3.77. The van der Waals surface area contributed by atoms with Crippen molar-refractivity contribution in [1.82, 2.24) is 25.0 Å². The van der Waals surface area contributed by atoms with Crippen LogP contribution >= 0.6 is 34.3 Å². The molecule has 6 nitrogen and oxygen atoms in total. The number of aromatic nitrogens is 5. The van der Waals surface area contributed by atoms with Gasteiger partial charge in [-0.2, -0.15) is 0 Å². The van der Waals surface area contributed by atoms with Crippen molar-refractivity contribution in [3.05, 3.63) is 52.4 Å². The lowest BCUT2D eigenvalue weighted by molar-refractivity contribution is 0.271. The fourth-order valence-corrected chi connectivity index (χ4v) is 4.23. The van der Waals surface area contributed by atoms with Crippen LogP contribution in [0.5, 0.6) is 6.01 Å². The average Bonchev–Trinajstić information content (AvgIpc) is 3.40. The highest BCUT2D eigenvalue weighted by molar-refractivity contribution is 7.14. The van der Waals surface area contributed by atoms with Gasteiger partial charge in [0, 0.05) is 6.54 Å². The van der Waals surface area contributed by atoms with Gasteiger partial charge in [-0.05, 0) is 53.0 Å². The molecule has 0 N–H and O–H groups in total. The molecule has 0 saturated carbocycles. The highest BCUT2D eigenvalue weighted by Gasteiger charge is 2.13. The van der Waals surface area contributed by atoms with E-state index in [2.05, 4.69) is 72.1 Å². The number of rotatable bonds is 7. The van der Waals surface area contributed by atoms with E-state index in [1.807, 2.05) is 0 Å². The van der Waals surface area contributed by atoms with Gasteiger partial charge in [0.2, 0.25) is 0 Å². The van der Waals surface area contributed by atoms with Crippen LogP contribution in [0.25, 0.3) is 21.1 Å². The molecule has 0 spiro atoms. The van der Waals surface area contributed by atoms with Crippen LogP contribution in [0.2, 0.25) is 5.28 Å². The zero-order chi connectivity index (χ0) is 17.8. The molecule has 4 heterocycles. The minimum atomic E-state index is 0.00544. The van der Waals surface area contributed by atoms with Crippen LogP contribution in [-0.2, 0) is 6.54 Å². The third-order valence-electron chi connectivity index (χ3n) is 3.72. The Bertz CT molecular complexity index is 900. The molecular weight excluding hydrogens is 390 g/mol. The van der Waals surface area contributed by atoms with Crippen molar-refractivity contribution in [3.8, 4) is 27.2 Å². The molecule has 0 aliphatic carbocycles. The van der Waals surface area contributed by atoms with E-state index in [1.165, 1.54) is 21.1 Å². The fraction of sp³-hybridized carbons (Fsp3) is 0.176. The first-order valence-corrected chi connectivity index (χ1v) is 10.1. The Morgan fingerprint density at radius 1 is 0.885 bits per heavy atom. The van der Waals surface area contributed by atoms with Crippen molar-refractivity contribution in [2.24, 2.45) is 0 Å². The molecule has 0 saturated heterocycles. The Kier molecular flexibility index (Phi) is 5.24. The molecule has 0 aliphatic rings. The number of hydrogen-bond acceptors (Lipinski definition) is 7. The van der Waals surface area contributed by atoms with Gasteiger partial charge >= 0.3 is 6.01 Å². The number of hydrogen-bond donors (Lipinski definition) is 0. The zero-order valence-electron chi connectivity index (χ0n) is 13.6. The molecule has 0 atom stereocenters. The summed E-state index contributed by atoms with van der Waals surface area (Å²) in [5.41, 5.74) is 2.43. The average molecular weight is 404 g/mol. The number of ether oxygens (including phenoxy) is 1. The number of thiophene rings is 2. The Hall–Kier alpha value is -2.29. The summed E-state index contributed by atoms with van der Waals surface area (Å²) in [7, 11) is 0. The second-order valence-corrected chi connectivity index (χ2v) is 7.60. The summed E-state index contributed by atoms with van der Waals surface area (Å²) in [6, 6.07) is 12.9. The van der Waals surface area contributed by atoms with Gasteiger partial charge < -0.3 is 9.30 Å². The van der Waals surface area contributed by atoms with Crippen molar-refractivity contribution in [3.63, 3.8) is 0 Å². The molecule has 4 rings (SSSR count). The summed E-state index contributed by atoms with van der Waals surface area (Å²) in [5, 5.41) is 18.9. The van der Waals surface area contributed by atoms with E-state index in [0.29, 0.717) is 6.61 Å². The molecule has 4 aromatic rings. The summed E-state index contributed by atoms with van der Waals surface area (Å²) >= 11 is 9.05. The van der Waals surface area contributed by atoms with Gasteiger partial charge in [0.1, 0.15) is 0 Å². The topological polar surface area (TPSA) is 65.7 Å². The van der Waals surface area contributed by atoms with E-state index < -0.39 is 0 Å². The highest BCUT2D eigenvalue weighted by atomic mass is 35.5. The molecular formula is C17H14ClN5OS2. The number of nitrogens with zero attached hydrogens (tertiary/aromatic N) is 5. The van der Waals surface area contributed by atoms with E-state index >= 15 is 0 Å². The van der Waals surface area contributed by atoms with Gasteiger partial charge in [-0.1, -0.05) is 22.3 Å². The smallest absolute Gasteiger partial charge is 0.355 e.